The summed E-state index contributed by atoms with van der Waals surface area (Å²) >= 11 is 0. The van der Waals surface area contributed by atoms with Crippen molar-refractivity contribution in [3.05, 3.63) is 65.2 Å². The van der Waals surface area contributed by atoms with E-state index in [1.54, 1.807) is 6.07 Å². The van der Waals surface area contributed by atoms with Gasteiger partial charge >= 0.3 is 0 Å². The van der Waals surface area contributed by atoms with Crippen molar-refractivity contribution in [1.29, 1.82) is 0 Å². The molecule has 0 radical (unpaired) electrons. The van der Waals surface area contributed by atoms with Crippen LogP contribution >= 0.6 is 0 Å². The summed E-state index contributed by atoms with van der Waals surface area (Å²) in [6.07, 6.45) is 0. The van der Waals surface area contributed by atoms with E-state index in [-0.39, 0.29) is 6.61 Å². The molecule has 0 saturated heterocycles. The number of benzene rings is 2. The standard InChI is InChI=1S/C18H17NO2/c1-12-7-8-17(13(2)9-12)21-18-10-14(11-20)15-5-3-4-6-16(15)19-18/h3-10,20H,11H2,1-2H3. The first-order valence-electron chi connectivity index (χ1n) is 6.92. The first-order chi connectivity index (χ1) is 10.2. The third kappa shape index (κ3) is 2.73. The second-order valence-electron chi connectivity index (χ2n) is 5.17. The van der Waals surface area contributed by atoms with Crippen molar-refractivity contribution in [2.45, 2.75) is 20.5 Å². The lowest BCUT2D eigenvalue weighted by molar-refractivity contribution is 0.282. The average molecular weight is 279 g/mol. The summed E-state index contributed by atoms with van der Waals surface area (Å²) in [6.45, 7) is 4.03. The lowest BCUT2D eigenvalue weighted by Gasteiger charge is -2.11. The molecule has 0 fully saturated rings. The second kappa shape index (κ2) is 5.54. The fourth-order valence-electron chi connectivity index (χ4n) is 2.43. The van der Waals surface area contributed by atoms with Gasteiger partial charge in [-0.05, 0) is 37.1 Å². The third-order valence-corrected chi connectivity index (χ3v) is 3.49. The number of ether oxygens (including phenoxy) is 1. The minimum atomic E-state index is -0.0354. The molecule has 1 N–H and O–H groups in total. The van der Waals surface area contributed by atoms with E-state index >= 15 is 0 Å². The molecule has 3 nitrogen and oxygen atoms in total. The van der Waals surface area contributed by atoms with E-state index in [0.717, 1.165) is 27.8 Å². The molecule has 0 amide bonds. The van der Waals surface area contributed by atoms with Gasteiger partial charge in [-0.25, -0.2) is 4.98 Å². The number of para-hydroxylation sites is 1. The normalized spacial score (nSPS) is 10.8. The van der Waals surface area contributed by atoms with Crippen LogP contribution in [0.4, 0.5) is 0 Å². The number of fused-ring (bicyclic) bond motifs is 1. The number of aryl methyl sites for hydroxylation is 2. The van der Waals surface area contributed by atoms with Crippen LogP contribution in [-0.4, -0.2) is 10.1 Å². The summed E-state index contributed by atoms with van der Waals surface area (Å²) in [6, 6.07) is 15.6. The minimum Gasteiger partial charge on any atom is -0.439 e. The van der Waals surface area contributed by atoms with Crippen molar-refractivity contribution < 1.29 is 9.84 Å². The molecule has 106 valence electrons. The zero-order valence-electron chi connectivity index (χ0n) is 12.1. The van der Waals surface area contributed by atoms with Gasteiger partial charge in [0.05, 0.1) is 12.1 Å². The Morgan fingerprint density at radius 3 is 2.62 bits per heavy atom. The van der Waals surface area contributed by atoms with Crippen molar-refractivity contribution in [1.82, 2.24) is 4.98 Å². The Morgan fingerprint density at radius 2 is 1.86 bits per heavy atom. The van der Waals surface area contributed by atoms with Gasteiger partial charge in [0.2, 0.25) is 5.88 Å². The molecule has 3 heteroatoms. The van der Waals surface area contributed by atoms with Gasteiger partial charge in [-0.15, -0.1) is 0 Å². The topological polar surface area (TPSA) is 42.4 Å². The van der Waals surface area contributed by atoms with Crippen LogP contribution < -0.4 is 4.74 Å². The zero-order chi connectivity index (χ0) is 14.8. The molecule has 3 aromatic rings. The van der Waals surface area contributed by atoms with E-state index in [0.29, 0.717) is 5.88 Å². The summed E-state index contributed by atoms with van der Waals surface area (Å²) in [5.41, 5.74) is 3.90. The highest BCUT2D eigenvalue weighted by molar-refractivity contribution is 5.82. The maximum absolute atomic E-state index is 9.53. The summed E-state index contributed by atoms with van der Waals surface area (Å²) in [7, 11) is 0. The quantitative estimate of drug-likeness (QED) is 0.783. The SMILES string of the molecule is Cc1ccc(Oc2cc(CO)c3ccccc3n2)c(C)c1. The predicted octanol–water partition coefficient (Wildman–Crippen LogP) is 4.14. The van der Waals surface area contributed by atoms with Crippen molar-refractivity contribution >= 4 is 10.9 Å². The van der Waals surface area contributed by atoms with E-state index in [2.05, 4.69) is 18.0 Å². The fourth-order valence-corrected chi connectivity index (χ4v) is 2.43. The molecule has 0 aliphatic rings. The maximum Gasteiger partial charge on any atom is 0.220 e. The minimum absolute atomic E-state index is 0.0354. The third-order valence-electron chi connectivity index (χ3n) is 3.49. The Kier molecular flexibility index (Phi) is 3.59. The molecular formula is C18H17NO2. The van der Waals surface area contributed by atoms with Gasteiger partial charge in [-0.2, -0.15) is 0 Å². The number of hydrogen-bond donors (Lipinski definition) is 1. The van der Waals surface area contributed by atoms with Gasteiger partial charge in [0.25, 0.3) is 0 Å². The molecule has 1 aromatic heterocycles. The van der Waals surface area contributed by atoms with Crippen LogP contribution in [-0.2, 0) is 6.61 Å². The van der Waals surface area contributed by atoms with Gasteiger partial charge < -0.3 is 9.84 Å². The lowest BCUT2D eigenvalue weighted by atomic mass is 10.1. The Morgan fingerprint density at radius 1 is 1.05 bits per heavy atom. The lowest BCUT2D eigenvalue weighted by Crippen LogP contribution is -1.95. The Bertz CT molecular complexity index is 796. The molecular weight excluding hydrogens is 262 g/mol. The number of aliphatic hydroxyl groups excluding tert-OH is 1. The predicted molar refractivity (Wildman–Crippen MR) is 83.7 cm³/mol. The van der Waals surface area contributed by atoms with Crippen LogP contribution in [0.2, 0.25) is 0 Å². The summed E-state index contributed by atoms with van der Waals surface area (Å²) < 4.78 is 5.89. The summed E-state index contributed by atoms with van der Waals surface area (Å²) in [4.78, 5) is 4.51. The largest absolute Gasteiger partial charge is 0.439 e. The number of hydrogen-bond acceptors (Lipinski definition) is 3. The van der Waals surface area contributed by atoms with Crippen LogP contribution in [0, 0.1) is 13.8 Å². The van der Waals surface area contributed by atoms with Crippen LogP contribution in [0.1, 0.15) is 16.7 Å². The monoisotopic (exact) mass is 279 g/mol. The average Bonchev–Trinajstić information content (AvgIpc) is 2.49. The maximum atomic E-state index is 9.53. The highest BCUT2D eigenvalue weighted by Gasteiger charge is 2.08. The van der Waals surface area contributed by atoms with Gasteiger partial charge in [0.1, 0.15) is 5.75 Å². The zero-order valence-corrected chi connectivity index (χ0v) is 12.1. The Hall–Kier alpha value is -2.39. The molecule has 2 aromatic carbocycles. The van der Waals surface area contributed by atoms with Crippen molar-refractivity contribution in [2.24, 2.45) is 0 Å². The summed E-state index contributed by atoms with van der Waals surface area (Å²) in [5.74, 6) is 1.29. The van der Waals surface area contributed by atoms with E-state index in [9.17, 15) is 5.11 Å². The van der Waals surface area contributed by atoms with E-state index < -0.39 is 0 Å². The molecule has 0 saturated carbocycles. The van der Waals surface area contributed by atoms with E-state index in [1.165, 1.54) is 5.56 Å². The van der Waals surface area contributed by atoms with E-state index in [1.807, 2.05) is 43.3 Å². The van der Waals surface area contributed by atoms with Crippen molar-refractivity contribution in [2.75, 3.05) is 0 Å². The van der Waals surface area contributed by atoms with Gasteiger partial charge in [-0.1, -0.05) is 35.9 Å². The highest BCUT2D eigenvalue weighted by Crippen LogP contribution is 2.28. The van der Waals surface area contributed by atoms with Crippen LogP contribution in [0.15, 0.2) is 48.5 Å². The molecule has 1 heterocycles. The van der Waals surface area contributed by atoms with Gasteiger partial charge in [0, 0.05) is 11.5 Å². The van der Waals surface area contributed by atoms with Crippen molar-refractivity contribution in [3.8, 4) is 11.6 Å². The van der Waals surface area contributed by atoms with Gasteiger partial charge in [0.15, 0.2) is 0 Å². The fraction of sp³-hybridized carbons (Fsp3) is 0.167. The molecule has 0 spiro atoms. The number of aliphatic hydroxyl groups is 1. The molecule has 21 heavy (non-hydrogen) atoms. The molecule has 0 aliphatic heterocycles. The first-order valence-corrected chi connectivity index (χ1v) is 6.92. The number of pyridine rings is 1. The Balaban J connectivity index is 2.04. The molecule has 3 rings (SSSR count). The number of nitrogens with zero attached hydrogens (tertiary/aromatic N) is 1. The molecule has 0 atom stereocenters. The number of rotatable bonds is 3. The van der Waals surface area contributed by atoms with E-state index in [4.69, 9.17) is 4.74 Å². The van der Waals surface area contributed by atoms with Gasteiger partial charge in [-0.3, -0.25) is 0 Å². The van der Waals surface area contributed by atoms with Crippen molar-refractivity contribution in [3.63, 3.8) is 0 Å². The van der Waals surface area contributed by atoms with Crippen LogP contribution in [0.3, 0.4) is 0 Å². The first kappa shape index (κ1) is 13.6. The van der Waals surface area contributed by atoms with Crippen LogP contribution in [0.25, 0.3) is 10.9 Å². The smallest absolute Gasteiger partial charge is 0.220 e. The highest BCUT2D eigenvalue weighted by atomic mass is 16.5. The second-order valence-corrected chi connectivity index (χ2v) is 5.17. The summed E-state index contributed by atoms with van der Waals surface area (Å²) in [5, 5.41) is 10.5. The van der Waals surface area contributed by atoms with Crippen LogP contribution in [0.5, 0.6) is 11.6 Å². The molecule has 0 bridgehead atoms. The number of aromatic nitrogens is 1. The Labute approximate surface area is 123 Å². The molecule has 0 aliphatic carbocycles. The molecule has 0 unspecified atom stereocenters.